The Kier molecular flexibility index (Phi) is 7.10. The second-order valence-electron chi connectivity index (χ2n) is 11.3. The third-order valence-corrected chi connectivity index (χ3v) is 11.9. The molecule has 2 aromatic carbocycles. The van der Waals surface area contributed by atoms with Crippen LogP contribution < -0.4 is 14.9 Å². The molecule has 0 spiro atoms. The minimum Gasteiger partial charge on any atom is -0.484 e. The number of thioether (sulfide) groups is 1. The highest BCUT2D eigenvalue weighted by molar-refractivity contribution is 8.00. The van der Waals surface area contributed by atoms with E-state index >= 15 is 0 Å². The van der Waals surface area contributed by atoms with Gasteiger partial charge in [0, 0.05) is 33.3 Å². The number of aromatic nitrogens is 1. The monoisotopic (exact) mass is 639 g/mol. The van der Waals surface area contributed by atoms with Crippen LogP contribution in [0.5, 0.6) is 5.75 Å². The van der Waals surface area contributed by atoms with Gasteiger partial charge in [-0.2, -0.15) is 0 Å². The van der Waals surface area contributed by atoms with Crippen LogP contribution in [-0.2, 0) is 19.2 Å². The van der Waals surface area contributed by atoms with E-state index in [1.807, 2.05) is 18.2 Å². The summed E-state index contributed by atoms with van der Waals surface area (Å²) in [5.41, 5.74) is 1.51. The van der Waals surface area contributed by atoms with Gasteiger partial charge in [-0.05, 0) is 66.1 Å². The number of H-pyrrole nitrogens is 1. The van der Waals surface area contributed by atoms with Crippen molar-refractivity contribution in [1.82, 2.24) is 9.88 Å². The Morgan fingerprint density at radius 3 is 2.56 bits per heavy atom. The Balaban J connectivity index is 1.15. The molecule has 3 heterocycles. The predicted molar refractivity (Wildman–Crippen MR) is 159 cm³/mol. The molecule has 7 rings (SSSR count). The van der Waals surface area contributed by atoms with E-state index in [0.29, 0.717) is 16.5 Å². The number of hydrogen-bond donors (Lipinski definition) is 3. The number of carbonyl (C=O) groups is 4. The molecule has 4 aliphatic rings. The highest BCUT2D eigenvalue weighted by atomic mass is 35.5. The number of carboxylic acids is 1. The standard InChI is InChI=1S/C30H26ClN3O7S2/c31-14-4-6-15(7-5-14)32-19(35)12-41-16-3-1-2-13(10-16)21-22-17-11-18(25(22)42-27-26(21)43-30(40)33-27)24-23(17)28(38)34(29(24)39)9-8-20(36)37/h1-7,10,17-18,21-25H,8-9,11-12H2,(H,32,35)(H,33,40)(H,36,37)/t17?,18?,21-,22?,23?,24?,25?/m1/s1. The number of aliphatic carboxylic acids is 1. The number of ether oxygens (including phenoxy) is 1. The lowest BCUT2D eigenvalue weighted by atomic mass is 9.68. The SMILES string of the molecule is O=C(O)CCN1C(=O)C2C3CC(C2C1=O)C1C3Sc2[nH]c(=O)sc2[C@@H]1c1cccc(OCC(=O)Nc2ccc(Cl)cc2)c1. The predicted octanol–water partition coefficient (Wildman–Crippen LogP) is 4.06. The summed E-state index contributed by atoms with van der Waals surface area (Å²) in [5.74, 6) is -2.71. The van der Waals surface area contributed by atoms with E-state index in [-0.39, 0.29) is 71.1 Å². The topological polar surface area (TPSA) is 146 Å². The van der Waals surface area contributed by atoms with Gasteiger partial charge < -0.3 is 20.1 Å². The lowest BCUT2D eigenvalue weighted by molar-refractivity contribution is -0.142. The molecule has 3 fully saturated rings. The number of nitrogens with one attached hydrogen (secondary N) is 2. The highest BCUT2D eigenvalue weighted by Crippen LogP contribution is 2.68. The summed E-state index contributed by atoms with van der Waals surface area (Å²) in [6.45, 7) is -0.324. The number of amides is 3. The van der Waals surface area contributed by atoms with Crippen molar-refractivity contribution in [2.24, 2.45) is 29.6 Å². The van der Waals surface area contributed by atoms with Crippen LogP contribution in [0.25, 0.3) is 0 Å². The molecular formula is C30H26ClN3O7S2. The second-order valence-corrected chi connectivity index (χ2v) is 14.0. The number of thiazole rings is 1. The number of benzene rings is 2. The van der Waals surface area contributed by atoms with Crippen LogP contribution in [0, 0.1) is 29.6 Å². The number of fused-ring (bicyclic) bond motifs is 9. The van der Waals surface area contributed by atoms with E-state index < -0.39 is 17.8 Å². The van der Waals surface area contributed by atoms with E-state index in [2.05, 4.69) is 10.3 Å². The largest absolute Gasteiger partial charge is 0.484 e. The van der Waals surface area contributed by atoms with Crippen LogP contribution in [0.4, 0.5) is 5.69 Å². The number of halogens is 1. The number of carbonyl (C=O) groups excluding carboxylic acids is 3. The minimum atomic E-state index is -1.05. The lowest BCUT2D eigenvalue weighted by Crippen LogP contribution is -2.42. The van der Waals surface area contributed by atoms with Gasteiger partial charge in [0.25, 0.3) is 5.91 Å². The zero-order valence-corrected chi connectivity index (χ0v) is 24.9. The van der Waals surface area contributed by atoms with Gasteiger partial charge >= 0.3 is 10.8 Å². The molecule has 222 valence electrons. The van der Waals surface area contributed by atoms with Crippen molar-refractivity contribution in [3.05, 3.63) is 73.7 Å². The molecule has 2 saturated carbocycles. The summed E-state index contributed by atoms with van der Waals surface area (Å²) in [5, 5.41) is 13.3. The van der Waals surface area contributed by atoms with E-state index in [1.54, 1.807) is 42.1 Å². The molecule has 3 amide bonds. The molecule has 2 aliphatic carbocycles. The van der Waals surface area contributed by atoms with Gasteiger partial charge in [0.2, 0.25) is 11.8 Å². The molecule has 43 heavy (non-hydrogen) atoms. The molecule has 3 N–H and O–H groups in total. The molecule has 1 saturated heterocycles. The first-order valence-corrected chi connectivity index (χ1v) is 16.0. The zero-order chi connectivity index (χ0) is 30.0. The van der Waals surface area contributed by atoms with Gasteiger partial charge in [0.1, 0.15) is 5.75 Å². The van der Waals surface area contributed by atoms with Crippen molar-refractivity contribution in [3.8, 4) is 5.75 Å². The average Bonchev–Trinajstić information content (AvgIpc) is 3.71. The number of anilines is 1. The second kappa shape index (κ2) is 10.8. The maximum atomic E-state index is 13.5. The Morgan fingerprint density at radius 2 is 1.81 bits per heavy atom. The van der Waals surface area contributed by atoms with Crippen molar-refractivity contribution in [2.75, 3.05) is 18.5 Å². The Hall–Kier alpha value is -3.61. The molecule has 2 bridgehead atoms. The number of hydrogen-bond acceptors (Lipinski definition) is 8. The van der Waals surface area contributed by atoms with Gasteiger partial charge in [0.05, 0.1) is 23.3 Å². The molecule has 13 heteroatoms. The fourth-order valence-corrected chi connectivity index (χ4v) is 10.6. The third kappa shape index (κ3) is 4.85. The van der Waals surface area contributed by atoms with Crippen LogP contribution in [0.1, 0.15) is 29.2 Å². The molecule has 10 nitrogen and oxygen atoms in total. The third-order valence-electron chi connectivity index (χ3n) is 9.08. The first-order chi connectivity index (χ1) is 20.7. The molecule has 1 aromatic heterocycles. The number of carboxylic acid groups (broad SMARTS) is 1. The number of nitrogens with zero attached hydrogens (tertiary/aromatic N) is 1. The van der Waals surface area contributed by atoms with Crippen molar-refractivity contribution < 1.29 is 29.0 Å². The summed E-state index contributed by atoms with van der Waals surface area (Å²) in [4.78, 5) is 68.0. The summed E-state index contributed by atoms with van der Waals surface area (Å²) in [6.07, 6.45) is 0.457. The van der Waals surface area contributed by atoms with E-state index in [0.717, 1.165) is 38.1 Å². The number of imide groups is 1. The van der Waals surface area contributed by atoms with Crippen LogP contribution in [0.15, 0.2) is 58.4 Å². The van der Waals surface area contributed by atoms with Crippen molar-refractivity contribution >= 4 is 64.1 Å². The first kappa shape index (κ1) is 28.2. The summed E-state index contributed by atoms with van der Waals surface area (Å²) < 4.78 is 5.86. The molecular weight excluding hydrogens is 614 g/mol. The molecule has 6 unspecified atom stereocenters. The van der Waals surface area contributed by atoms with Crippen LogP contribution in [0.3, 0.4) is 0 Å². The summed E-state index contributed by atoms with van der Waals surface area (Å²) in [6, 6.07) is 14.2. The van der Waals surface area contributed by atoms with Gasteiger partial charge in [0.15, 0.2) is 6.61 Å². The van der Waals surface area contributed by atoms with Crippen molar-refractivity contribution in [3.63, 3.8) is 0 Å². The molecule has 0 radical (unpaired) electrons. The number of aromatic amines is 1. The zero-order valence-electron chi connectivity index (χ0n) is 22.5. The Morgan fingerprint density at radius 1 is 1.07 bits per heavy atom. The summed E-state index contributed by atoms with van der Waals surface area (Å²) in [7, 11) is 0. The number of likely N-dealkylation sites (tertiary alicyclic amines) is 1. The van der Waals surface area contributed by atoms with Gasteiger partial charge in [-0.3, -0.25) is 28.9 Å². The average molecular weight is 640 g/mol. The maximum Gasteiger partial charge on any atom is 0.305 e. The fraction of sp³-hybridized carbons (Fsp3) is 0.367. The van der Waals surface area contributed by atoms with Gasteiger partial charge in [-0.1, -0.05) is 35.1 Å². The minimum absolute atomic E-state index is 0.00479. The maximum absolute atomic E-state index is 13.5. The summed E-state index contributed by atoms with van der Waals surface area (Å²) >= 11 is 8.66. The van der Waals surface area contributed by atoms with E-state index in [9.17, 15) is 24.0 Å². The van der Waals surface area contributed by atoms with E-state index in [4.69, 9.17) is 21.4 Å². The molecule has 3 aromatic rings. The Bertz CT molecular complexity index is 1710. The Labute approximate surface area is 258 Å². The number of rotatable bonds is 8. The van der Waals surface area contributed by atoms with Gasteiger partial charge in [-0.15, -0.1) is 11.8 Å². The smallest absolute Gasteiger partial charge is 0.305 e. The fourth-order valence-electron chi connectivity index (χ4n) is 7.56. The normalized spacial score (nSPS) is 28.4. The van der Waals surface area contributed by atoms with Crippen LogP contribution in [-0.4, -0.2) is 57.1 Å². The molecule has 7 atom stereocenters. The highest BCUT2D eigenvalue weighted by Gasteiger charge is 2.69. The van der Waals surface area contributed by atoms with E-state index in [1.165, 1.54) is 0 Å². The van der Waals surface area contributed by atoms with Crippen LogP contribution in [0.2, 0.25) is 5.02 Å². The first-order valence-electron chi connectivity index (χ1n) is 13.9. The van der Waals surface area contributed by atoms with Gasteiger partial charge in [-0.25, -0.2) is 0 Å². The van der Waals surface area contributed by atoms with Crippen LogP contribution >= 0.6 is 34.7 Å². The molecule has 2 aliphatic heterocycles. The van der Waals surface area contributed by atoms with Crippen molar-refractivity contribution in [2.45, 2.75) is 29.0 Å². The lowest BCUT2D eigenvalue weighted by Gasteiger charge is -2.43. The van der Waals surface area contributed by atoms with Crippen molar-refractivity contribution in [1.29, 1.82) is 0 Å². The quantitative estimate of drug-likeness (QED) is 0.313.